The van der Waals surface area contributed by atoms with E-state index in [1.54, 1.807) is 29.4 Å². The second kappa shape index (κ2) is 6.21. The lowest BCUT2D eigenvalue weighted by Crippen LogP contribution is -2.16. The first-order chi connectivity index (χ1) is 10.6. The maximum atomic E-state index is 11.8. The SMILES string of the molecule is CSc1ccc(NCC2CC2)c(-c2cn(C)c(=O)cc2C)c1. The van der Waals surface area contributed by atoms with Gasteiger partial charge in [-0.05, 0) is 55.7 Å². The fourth-order valence-electron chi connectivity index (χ4n) is 2.61. The van der Waals surface area contributed by atoms with Crippen molar-refractivity contribution in [2.24, 2.45) is 13.0 Å². The topological polar surface area (TPSA) is 34.0 Å². The molecule has 0 spiro atoms. The highest BCUT2D eigenvalue weighted by atomic mass is 32.2. The minimum atomic E-state index is 0.0368. The Balaban J connectivity index is 2.05. The standard InChI is InChI=1S/C18H22N2OS/c1-12-8-18(21)20(2)11-16(12)15-9-14(22-3)6-7-17(15)19-10-13-4-5-13/h6-9,11,13,19H,4-5,10H2,1-3H3. The van der Waals surface area contributed by atoms with Crippen LogP contribution in [-0.2, 0) is 7.05 Å². The zero-order valence-corrected chi connectivity index (χ0v) is 14.2. The van der Waals surface area contributed by atoms with E-state index in [4.69, 9.17) is 0 Å². The molecule has 1 heterocycles. The number of aryl methyl sites for hydroxylation is 2. The van der Waals surface area contributed by atoms with Crippen molar-refractivity contribution in [1.29, 1.82) is 0 Å². The molecule has 3 rings (SSSR count). The smallest absolute Gasteiger partial charge is 0.250 e. The number of nitrogens with one attached hydrogen (secondary N) is 1. The molecule has 0 unspecified atom stereocenters. The molecule has 1 aliphatic rings. The molecule has 0 amide bonds. The molecule has 0 radical (unpaired) electrons. The van der Waals surface area contributed by atoms with Crippen LogP contribution >= 0.6 is 11.8 Å². The number of nitrogens with zero attached hydrogens (tertiary/aromatic N) is 1. The molecular formula is C18H22N2OS. The number of anilines is 1. The minimum absolute atomic E-state index is 0.0368. The van der Waals surface area contributed by atoms with Crippen LogP contribution in [0.2, 0.25) is 0 Å². The Bertz CT molecular complexity index is 747. The van der Waals surface area contributed by atoms with Gasteiger partial charge in [-0.3, -0.25) is 4.79 Å². The van der Waals surface area contributed by atoms with Crippen molar-refractivity contribution in [2.45, 2.75) is 24.7 Å². The summed E-state index contributed by atoms with van der Waals surface area (Å²) in [6.07, 6.45) is 6.71. The fraction of sp³-hybridized carbons (Fsp3) is 0.389. The van der Waals surface area contributed by atoms with Gasteiger partial charge in [-0.25, -0.2) is 0 Å². The molecule has 0 aliphatic heterocycles. The van der Waals surface area contributed by atoms with Gasteiger partial charge in [0.05, 0.1) is 0 Å². The molecule has 0 atom stereocenters. The zero-order valence-electron chi connectivity index (χ0n) is 13.3. The summed E-state index contributed by atoms with van der Waals surface area (Å²) in [5.74, 6) is 0.828. The summed E-state index contributed by atoms with van der Waals surface area (Å²) >= 11 is 1.74. The van der Waals surface area contributed by atoms with Gasteiger partial charge in [0.25, 0.3) is 5.56 Å². The lowest BCUT2D eigenvalue weighted by molar-refractivity contribution is 0.857. The van der Waals surface area contributed by atoms with Gasteiger partial charge >= 0.3 is 0 Å². The molecule has 0 bridgehead atoms. The van der Waals surface area contributed by atoms with E-state index in [9.17, 15) is 4.79 Å². The molecular weight excluding hydrogens is 292 g/mol. The molecule has 1 aromatic heterocycles. The Kier molecular flexibility index (Phi) is 4.30. The lowest BCUT2D eigenvalue weighted by Gasteiger charge is -2.16. The summed E-state index contributed by atoms with van der Waals surface area (Å²) in [7, 11) is 1.81. The third-order valence-corrected chi connectivity index (χ3v) is 4.96. The average molecular weight is 314 g/mol. The Morgan fingerprint density at radius 2 is 2.05 bits per heavy atom. The molecule has 1 aliphatic carbocycles. The van der Waals surface area contributed by atoms with Crippen LogP contribution in [0.3, 0.4) is 0 Å². The van der Waals surface area contributed by atoms with E-state index in [0.29, 0.717) is 0 Å². The zero-order chi connectivity index (χ0) is 15.7. The first-order valence-corrected chi connectivity index (χ1v) is 8.90. The van der Waals surface area contributed by atoms with E-state index in [1.807, 2.05) is 13.1 Å². The predicted octanol–water partition coefficient (Wildman–Crippen LogP) is 3.90. The minimum Gasteiger partial charge on any atom is -0.384 e. The first kappa shape index (κ1) is 15.2. The number of aromatic nitrogens is 1. The van der Waals surface area contributed by atoms with Crippen molar-refractivity contribution in [3.8, 4) is 11.1 Å². The van der Waals surface area contributed by atoms with Gasteiger partial charge in [0, 0.05) is 47.6 Å². The molecule has 0 saturated heterocycles. The summed E-state index contributed by atoms with van der Waals surface area (Å²) in [5.41, 5.74) is 4.52. The van der Waals surface area contributed by atoms with E-state index in [0.717, 1.165) is 29.3 Å². The van der Waals surface area contributed by atoms with Crippen LogP contribution in [0.15, 0.2) is 40.2 Å². The molecule has 1 aromatic carbocycles. The van der Waals surface area contributed by atoms with E-state index in [2.05, 4.69) is 29.8 Å². The lowest BCUT2D eigenvalue weighted by atomic mass is 10.0. The molecule has 22 heavy (non-hydrogen) atoms. The van der Waals surface area contributed by atoms with Crippen LogP contribution in [0.5, 0.6) is 0 Å². The number of benzene rings is 1. The number of hydrogen-bond acceptors (Lipinski definition) is 3. The van der Waals surface area contributed by atoms with Crippen LogP contribution < -0.4 is 10.9 Å². The molecule has 1 N–H and O–H groups in total. The normalized spacial score (nSPS) is 14.1. The van der Waals surface area contributed by atoms with E-state index in [-0.39, 0.29) is 5.56 Å². The van der Waals surface area contributed by atoms with Crippen LogP contribution in [0.4, 0.5) is 5.69 Å². The Hall–Kier alpha value is -1.68. The second-order valence-electron chi connectivity index (χ2n) is 6.06. The summed E-state index contributed by atoms with van der Waals surface area (Å²) in [6, 6.07) is 8.24. The summed E-state index contributed by atoms with van der Waals surface area (Å²) < 4.78 is 1.65. The van der Waals surface area contributed by atoms with Crippen LogP contribution in [0, 0.1) is 12.8 Å². The van der Waals surface area contributed by atoms with Crippen molar-refractivity contribution in [3.63, 3.8) is 0 Å². The number of thioether (sulfide) groups is 1. The number of pyridine rings is 1. The van der Waals surface area contributed by atoms with Gasteiger partial charge < -0.3 is 9.88 Å². The average Bonchev–Trinajstić information content (AvgIpc) is 3.33. The van der Waals surface area contributed by atoms with Crippen molar-refractivity contribution in [3.05, 3.63) is 46.4 Å². The molecule has 1 fully saturated rings. The van der Waals surface area contributed by atoms with Crippen LogP contribution in [-0.4, -0.2) is 17.4 Å². The molecule has 1 saturated carbocycles. The molecule has 4 heteroatoms. The van der Waals surface area contributed by atoms with Crippen LogP contribution in [0.1, 0.15) is 18.4 Å². The summed E-state index contributed by atoms with van der Waals surface area (Å²) in [5, 5.41) is 3.59. The van der Waals surface area contributed by atoms with Crippen molar-refractivity contribution < 1.29 is 0 Å². The van der Waals surface area contributed by atoms with Gasteiger partial charge in [0.15, 0.2) is 0 Å². The van der Waals surface area contributed by atoms with E-state index < -0.39 is 0 Å². The van der Waals surface area contributed by atoms with E-state index >= 15 is 0 Å². The Morgan fingerprint density at radius 3 is 2.73 bits per heavy atom. The highest BCUT2D eigenvalue weighted by molar-refractivity contribution is 7.98. The molecule has 3 nitrogen and oxygen atoms in total. The Morgan fingerprint density at radius 1 is 1.27 bits per heavy atom. The quantitative estimate of drug-likeness (QED) is 0.850. The second-order valence-corrected chi connectivity index (χ2v) is 6.93. The molecule has 2 aromatic rings. The summed E-state index contributed by atoms with van der Waals surface area (Å²) in [6.45, 7) is 3.05. The fourth-order valence-corrected chi connectivity index (χ4v) is 3.05. The monoisotopic (exact) mass is 314 g/mol. The Labute approximate surface area is 135 Å². The van der Waals surface area contributed by atoms with Crippen LogP contribution in [0.25, 0.3) is 11.1 Å². The van der Waals surface area contributed by atoms with Gasteiger partial charge in [0.2, 0.25) is 0 Å². The predicted molar refractivity (Wildman–Crippen MR) is 94.9 cm³/mol. The third-order valence-electron chi connectivity index (χ3n) is 4.23. The summed E-state index contributed by atoms with van der Waals surface area (Å²) in [4.78, 5) is 13.0. The van der Waals surface area contributed by atoms with Gasteiger partial charge in [-0.1, -0.05) is 0 Å². The highest BCUT2D eigenvalue weighted by Gasteiger charge is 2.21. The maximum absolute atomic E-state index is 11.8. The van der Waals surface area contributed by atoms with Gasteiger partial charge in [0.1, 0.15) is 0 Å². The third kappa shape index (κ3) is 3.22. The first-order valence-electron chi connectivity index (χ1n) is 7.68. The van der Waals surface area contributed by atoms with Crippen molar-refractivity contribution in [2.75, 3.05) is 18.1 Å². The van der Waals surface area contributed by atoms with E-state index in [1.165, 1.54) is 23.3 Å². The highest BCUT2D eigenvalue weighted by Crippen LogP contribution is 2.35. The largest absolute Gasteiger partial charge is 0.384 e. The number of hydrogen-bond donors (Lipinski definition) is 1. The maximum Gasteiger partial charge on any atom is 0.250 e. The van der Waals surface area contributed by atoms with Gasteiger partial charge in [-0.2, -0.15) is 0 Å². The van der Waals surface area contributed by atoms with Gasteiger partial charge in [-0.15, -0.1) is 11.8 Å². The van der Waals surface area contributed by atoms with Crippen molar-refractivity contribution in [1.82, 2.24) is 4.57 Å². The molecule has 116 valence electrons. The number of rotatable bonds is 5. The van der Waals surface area contributed by atoms with Crippen molar-refractivity contribution >= 4 is 17.4 Å².